The maximum atomic E-state index is 12.7. The van der Waals surface area contributed by atoms with Gasteiger partial charge in [-0.25, -0.2) is 0 Å². The molecular weight excluding hydrogens is 440 g/mol. The molecule has 3 rings (SSSR count). The number of oxime groups is 1. The van der Waals surface area contributed by atoms with Crippen LogP contribution in [0.15, 0.2) is 17.1 Å². The van der Waals surface area contributed by atoms with Crippen molar-refractivity contribution in [2.45, 2.75) is 23.1 Å². The summed E-state index contributed by atoms with van der Waals surface area (Å²) in [7, 11) is 0. The molecule has 2 amide bonds. The summed E-state index contributed by atoms with van der Waals surface area (Å²) in [6.45, 7) is 5.53. The zero-order valence-corrected chi connectivity index (χ0v) is 17.7. The summed E-state index contributed by atoms with van der Waals surface area (Å²) >= 11 is 3.27. The lowest BCUT2D eigenvalue weighted by molar-refractivity contribution is -0.151. The Morgan fingerprint density at radius 3 is 2.97 bits per heavy atom. The van der Waals surface area contributed by atoms with Gasteiger partial charge < -0.3 is 25.9 Å². The molecule has 2 saturated heterocycles. The van der Waals surface area contributed by atoms with Gasteiger partial charge in [0.1, 0.15) is 22.8 Å². The highest BCUT2D eigenvalue weighted by Gasteiger charge is 2.57. The summed E-state index contributed by atoms with van der Waals surface area (Å²) in [5.74, 6) is -1.78. The Hall–Kier alpha value is -2.32. The van der Waals surface area contributed by atoms with E-state index in [2.05, 4.69) is 26.4 Å². The van der Waals surface area contributed by atoms with Gasteiger partial charge in [0.15, 0.2) is 5.13 Å². The van der Waals surface area contributed by atoms with Crippen molar-refractivity contribution in [1.29, 1.82) is 0 Å². The van der Waals surface area contributed by atoms with E-state index in [0.29, 0.717) is 0 Å². The Morgan fingerprint density at radius 1 is 1.62 bits per heavy atom. The number of nitrogens with two attached hydrogens (primary N) is 1. The van der Waals surface area contributed by atoms with Crippen molar-refractivity contribution < 1.29 is 24.3 Å². The number of aromatic nitrogens is 2. The predicted octanol–water partition coefficient (Wildman–Crippen LogP) is -0.0391. The number of nitrogens with one attached hydrogen (secondary N) is 1. The van der Waals surface area contributed by atoms with Crippen LogP contribution in [0.5, 0.6) is 0 Å². The van der Waals surface area contributed by atoms with Crippen LogP contribution in [-0.2, 0) is 19.2 Å². The number of nitrogens with zero attached hydrogens (tertiary/aromatic N) is 4. The number of fused-ring (bicyclic) bond motifs is 1. The number of aliphatic carboxylic acids is 1. The molecule has 2 aliphatic heterocycles. The summed E-state index contributed by atoms with van der Waals surface area (Å²) in [6.07, 6.45) is 0. The molecule has 2 aliphatic rings. The van der Waals surface area contributed by atoms with Crippen LogP contribution in [0.2, 0.25) is 0 Å². The van der Waals surface area contributed by atoms with E-state index in [9.17, 15) is 19.5 Å². The molecular formula is C15H18N6O5S3. The predicted molar refractivity (Wildman–Crippen MR) is 111 cm³/mol. The van der Waals surface area contributed by atoms with E-state index in [4.69, 9.17) is 10.6 Å². The number of nitrogen functional groups attached to an aromatic ring is 1. The van der Waals surface area contributed by atoms with Crippen molar-refractivity contribution in [3.05, 3.63) is 17.8 Å². The molecule has 14 heteroatoms. The van der Waals surface area contributed by atoms with Gasteiger partial charge >= 0.3 is 5.97 Å². The smallest absolute Gasteiger partial charge is 0.322 e. The van der Waals surface area contributed by atoms with Gasteiger partial charge in [-0.3, -0.25) is 14.4 Å². The molecule has 4 N–H and O–H groups in total. The molecule has 0 bridgehead atoms. The summed E-state index contributed by atoms with van der Waals surface area (Å²) in [4.78, 5) is 47.3. The van der Waals surface area contributed by atoms with Crippen molar-refractivity contribution in [2.75, 3.05) is 24.6 Å². The van der Waals surface area contributed by atoms with Gasteiger partial charge in [-0.15, -0.1) is 23.5 Å². The van der Waals surface area contributed by atoms with Crippen LogP contribution < -0.4 is 11.1 Å². The third-order valence-electron chi connectivity index (χ3n) is 4.19. The molecule has 2 unspecified atom stereocenters. The second-order valence-corrected chi connectivity index (χ2v) is 9.26. The van der Waals surface area contributed by atoms with E-state index < -0.39 is 22.7 Å². The fourth-order valence-electron chi connectivity index (χ4n) is 2.82. The van der Waals surface area contributed by atoms with Gasteiger partial charge in [0, 0.05) is 23.8 Å². The van der Waals surface area contributed by atoms with E-state index in [1.54, 1.807) is 6.92 Å². The summed E-state index contributed by atoms with van der Waals surface area (Å²) in [6, 6.07) is -0.809. The van der Waals surface area contributed by atoms with Crippen LogP contribution in [0.25, 0.3) is 0 Å². The molecule has 3 atom stereocenters. The van der Waals surface area contributed by atoms with E-state index in [0.717, 1.165) is 23.3 Å². The summed E-state index contributed by atoms with van der Waals surface area (Å²) in [5, 5.41) is 17.2. The topological polar surface area (TPSA) is 160 Å². The molecule has 11 nitrogen and oxygen atoms in total. The average Bonchev–Trinajstić information content (AvgIpc) is 3.12. The number of carbonyl (C=O) groups excluding carboxylic acids is 2. The highest BCUT2D eigenvalue weighted by molar-refractivity contribution is 8.06. The fraction of sp³-hybridized carbons (Fsp3) is 0.467. The highest BCUT2D eigenvalue weighted by atomic mass is 32.2. The fourth-order valence-corrected chi connectivity index (χ4v) is 5.75. The first kappa shape index (κ1) is 21.4. The van der Waals surface area contributed by atoms with Crippen LogP contribution in [0, 0.1) is 0 Å². The largest absolute Gasteiger partial charge is 0.480 e. The molecule has 3 heterocycles. The zero-order valence-electron chi connectivity index (χ0n) is 15.2. The number of carboxylic acid groups (broad SMARTS) is 1. The molecule has 0 aromatic carbocycles. The Labute approximate surface area is 178 Å². The van der Waals surface area contributed by atoms with E-state index in [1.165, 1.54) is 22.1 Å². The lowest BCUT2D eigenvalue weighted by Gasteiger charge is -2.53. The molecule has 2 fully saturated rings. The molecule has 156 valence electrons. The summed E-state index contributed by atoms with van der Waals surface area (Å²) < 4.78 is 2.80. The SMILES string of the molecule is C=CSC1(C(=O)O)CS[C@@H]2C(NC(=O)C(=NOCC)c3nsc(N)n3)C(=O)N2C1. The van der Waals surface area contributed by atoms with Gasteiger partial charge in [-0.2, -0.15) is 9.36 Å². The van der Waals surface area contributed by atoms with Crippen molar-refractivity contribution in [2.24, 2.45) is 5.16 Å². The molecule has 0 aliphatic carbocycles. The molecule has 29 heavy (non-hydrogen) atoms. The van der Waals surface area contributed by atoms with Gasteiger partial charge in [-0.05, 0) is 12.3 Å². The van der Waals surface area contributed by atoms with Crippen molar-refractivity contribution in [3.63, 3.8) is 0 Å². The van der Waals surface area contributed by atoms with Crippen LogP contribution in [0.3, 0.4) is 0 Å². The molecule has 1 aromatic heterocycles. The summed E-state index contributed by atoms with van der Waals surface area (Å²) in [5.41, 5.74) is 5.38. The Kier molecular flexibility index (Phi) is 6.33. The molecule has 0 radical (unpaired) electrons. The Bertz CT molecular complexity index is 876. The van der Waals surface area contributed by atoms with Gasteiger partial charge in [0.05, 0.1) is 0 Å². The average molecular weight is 459 g/mol. The molecule has 1 aromatic rings. The van der Waals surface area contributed by atoms with E-state index in [1.807, 2.05) is 0 Å². The number of thioether (sulfide) groups is 2. The number of anilines is 1. The molecule has 0 spiro atoms. The third-order valence-corrected chi connectivity index (χ3v) is 7.51. The van der Waals surface area contributed by atoms with Crippen LogP contribution in [-0.4, -0.2) is 77.9 Å². The number of rotatable bonds is 8. The monoisotopic (exact) mass is 458 g/mol. The van der Waals surface area contributed by atoms with E-state index >= 15 is 0 Å². The van der Waals surface area contributed by atoms with Crippen LogP contribution in [0.4, 0.5) is 5.13 Å². The van der Waals surface area contributed by atoms with Crippen LogP contribution in [0.1, 0.15) is 12.7 Å². The van der Waals surface area contributed by atoms with Gasteiger partial charge in [-0.1, -0.05) is 11.7 Å². The number of amides is 2. The second-order valence-electron chi connectivity index (χ2n) is 6.02. The number of β-lactam (4-membered cyclic amide) rings is 1. The van der Waals surface area contributed by atoms with Crippen LogP contribution >= 0.6 is 35.1 Å². The van der Waals surface area contributed by atoms with Crippen molar-refractivity contribution in [1.82, 2.24) is 19.6 Å². The van der Waals surface area contributed by atoms with E-state index in [-0.39, 0.29) is 46.9 Å². The van der Waals surface area contributed by atoms with Gasteiger partial charge in [0.2, 0.25) is 17.4 Å². The lowest BCUT2D eigenvalue weighted by atomic mass is 10.0. The molecule has 0 saturated carbocycles. The maximum absolute atomic E-state index is 12.7. The van der Waals surface area contributed by atoms with Crippen molar-refractivity contribution in [3.8, 4) is 0 Å². The normalized spacial score (nSPS) is 26.3. The number of carbonyl (C=O) groups is 3. The van der Waals surface area contributed by atoms with Gasteiger partial charge in [0.25, 0.3) is 5.91 Å². The number of hydrogen-bond donors (Lipinski definition) is 3. The minimum absolute atomic E-state index is 0.00523. The quantitative estimate of drug-likeness (QED) is 0.274. The Balaban J connectivity index is 1.72. The first-order valence-electron chi connectivity index (χ1n) is 8.37. The second kappa shape index (κ2) is 8.59. The maximum Gasteiger partial charge on any atom is 0.322 e. The minimum Gasteiger partial charge on any atom is -0.480 e. The number of hydrogen-bond acceptors (Lipinski definition) is 11. The zero-order chi connectivity index (χ0) is 21.2. The lowest BCUT2D eigenvalue weighted by Crippen LogP contribution is -2.74. The third kappa shape index (κ3) is 4.04. The highest BCUT2D eigenvalue weighted by Crippen LogP contribution is 2.44. The first-order valence-corrected chi connectivity index (χ1v) is 11.1. The first-order chi connectivity index (χ1) is 13.8. The van der Waals surface area contributed by atoms with Crippen molar-refractivity contribution >= 4 is 63.7 Å². The number of carboxylic acids is 1. The minimum atomic E-state index is -1.16. The standard InChI is InChI=1S/C15H18N6O5S3/c1-3-26-19-7(9-18-14(16)29-20-9)10(22)17-8-11(23)21-5-15(13(24)25,28-4-2)6-27-12(8)21/h4,8,12H,2-3,5-6H2,1H3,(H,17,22)(H,24,25)(H2,16,18,20)/t8?,12-,15?/m1/s1. The Morgan fingerprint density at radius 2 is 2.38 bits per heavy atom.